The van der Waals surface area contributed by atoms with Crippen LogP contribution >= 0.6 is 12.4 Å². The van der Waals surface area contributed by atoms with E-state index in [1.165, 1.54) is 0 Å². The molecule has 1 atom stereocenters. The van der Waals surface area contributed by atoms with Gasteiger partial charge in [-0.3, -0.25) is 4.79 Å². The second kappa shape index (κ2) is 10.2. The van der Waals surface area contributed by atoms with Gasteiger partial charge in [-0.2, -0.15) is 0 Å². The van der Waals surface area contributed by atoms with E-state index in [0.717, 1.165) is 18.5 Å². The average molecular weight is 355 g/mol. The number of piperidine rings is 1. The zero-order valence-corrected chi connectivity index (χ0v) is 14.8. The van der Waals surface area contributed by atoms with E-state index in [1.807, 2.05) is 37.3 Å². The van der Waals surface area contributed by atoms with Crippen molar-refractivity contribution in [2.45, 2.75) is 44.7 Å². The van der Waals surface area contributed by atoms with E-state index in [1.54, 1.807) is 4.90 Å². The maximum Gasteiger partial charge on any atom is 0.321 e. The Kier molecular flexibility index (Phi) is 8.57. The molecular formula is C17H27ClN4O2. The molecule has 0 bridgehead atoms. The van der Waals surface area contributed by atoms with E-state index in [9.17, 15) is 9.59 Å². The SMILES string of the molecule is CC(N)CCC(=O)NC1CCN(C(=O)Nc2ccccc2)CC1.Cl. The topological polar surface area (TPSA) is 87.5 Å². The van der Waals surface area contributed by atoms with E-state index < -0.39 is 0 Å². The van der Waals surface area contributed by atoms with Gasteiger partial charge >= 0.3 is 6.03 Å². The van der Waals surface area contributed by atoms with E-state index in [-0.39, 0.29) is 36.4 Å². The minimum Gasteiger partial charge on any atom is -0.353 e. The summed E-state index contributed by atoms with van der Waals surface area (Å²) in [7, 11) is 0. The Morgan fingerprint density at radius 1 is 1.25 bits per heavy atom. The normalized spacial score (nSPS) is 16.0. The lowest BCUT2D eigenvalue weighted by atomic mass is 10.0. The highest BCUT2D eigenvalue weighted by Crippen LogP contribution is 2.13. The molecule has 6 nitrogen and oxygen atoms in total. The smallest absolute Gasteiger partial charge is 0.321 e. The Morgan fingerprint density at radius 3 is 2.46 bits per heavy atom. The van der Waals surface area contributed by atoms with E-state index in [2.05, 4.69) is 10.6 Å². The summed E-state index contributed by atoms with van der Waals surface area (Å²) in [6.07, 6.45) is 2.73. The molecule has 1 saturated heterocycles. The standard InChI is InChI=1S/C17H26N4O2.ClH/c1-13(18)7-8-16(22)19-15-9-11-21(12-10-15)17(23)20-14-5-3-2-4-6-14;/h2-6,13,15H,7-12,18H2,1H3,(H,19,22)(H,20,23);1H. The van der Waals surface area contributed by atoms with Gasteiger partial charge in [0, 0.05) is 37.3 Å². The lowest BCUT2D eigenvalue weighted by molar-refractivity contribution is -0.122. The zero-order valence-electron chi connectivity index (χ0n) is 14.0. The third kappa shape index (κ3) is 6.76. The van der Waals surface area contributed by atoms with Gasteiger partial charge in [-0.15, -0.1) is 12.4 Å². The Labute approximate surface area is 149 Å². The number of likely N-dealkylation sites (tertiary alicyclic amines) is 1. The molecule has 1 heterocycles. The molecule has 0 spiro atoms. The number of nitrogens with two attached hydrogens (primary N) is 1. The van der Waals surface area contributed by atoms with Gasteiger partial charge in [0.05, 0.1) is 0 Å². The molecule has 1 unspecified atom stereocenters. The van der Waals surface area contributed by atoms with Crippen molar-refractivity contribution in [2.24, 2.45) is 5.73 Å². The highest BCUT2D eigenvalue weighted by atomic mass is 35.5. The molecule has 1 aliphatic heterocycles. The van der Waals surface area contributed by atoms with Crippen molar-refractivity contribution in [2.75, 3.05) is 18.4 Å². The van der Waals surface area contributed by atoms with Gasteiger partial charge in [0.15, 0.2) is 0 Å². The van der Waals surface area contributed by atoms with Crippen LogP contribution in [0, 0.1) is 0 Å². The number of hydrogen-bond donors (Lipinski definition) is 3. The molecule has 3 amide bonds. The highest BCUT2D eigenvalue weighted by Gasteiger charge is 2.23. The summed E-state index contributed by atoms with van der Waals surface area (Å²) in [5.74, 6) is 0.0505. The number of urea groups is 1. The molecule has 0 aromatic heterocycles. The van der Waals surface area contributed by atoms with Gasteiger partial charge in [-0.1, -0.05) is 18.2 Å². The van der Waals surface area contributed by atoms with E-state index >= 15 is 0 Å². The minimum absolute atomic E-state index is 0. The summed E-state index contributed by atoms with van der Waals surface area (Å²) in [6, 6.07) is 9.53. The molecule has 1 fully saturated rings. The van der Waals surface area contributed by atoms with Gasteiger partial charge in [-0.05, 0) is 38.3 Å². The Morgan fingerprint density at radius 2 is 1.88 bits per heavy atom. The number of carbonyl (C=O) groups is 2. The fraction of sp³-hybridized carbons (Fsp3) is 0.529. The summed E-state index contributed by atoms with van der Waals surface area (Å²) < 4.78 is 0. The van der Waals surface area contributed by atoms with Crippen LogP contribution in [0.25, 0.3) is 0 Å². The van der Waals surface area contributed by atoms with Crippen LogP contribution in [0.3, 0.4) is 0 Å². The molecule has 1 aromatic rings. The molecule has 1 aromatic carbocycles. The molecule has 24 heavy (non-hydrogen) atoms. The molecule has 134 valence electrons. The average Bonchev–Trinajstić information content (AvgIpc) is 2.54. The third-order valence-corrected chi connectivity index (χ3v) is 4.00. The fourth-order valence-corrected chi connectivity index (χ4v) is 2.61. The predicted octanol–water partition coefficient (Wildman–Crippen LogP) is 2.35. The number of benzene rings is 1. The van der Waals surface area contributed by atoms with E-state index in [4.69, 9.17) is 5.73 Å². The minimum atomic E-state index is -0.0852. The van der Waals surface area contributed by atoms with Crippen LogP contribution in [0.15, 0.2) is 30.3 Å². The van der Waals surface area contributed by atoms with Crippen molar-refractivity contribution in [3.63, 3.8) is 0 Å². The summed E-state index contributed by atoms with van der Waals surface area (Å²) in [5, 5.41) is 5.92. The number of rotatable bonds is 5. The van der Waals surface area contributed by atoms with Gasteiger partial charge in [-0.25, -0.2) is 4.79 Å². The van der Waals surface area contributed by atoms with E-state index in [0.29, 0.717) is 25.9 Å². The first-order valence-corrected chi connectivity index (χ1v) is 8.20. The molecule has 0 radical (unpaired) electrons. The van der Waals surface area contributed by atoms with Gasteiger partial charge in [0.25, 0.3) is 0 Å². The second-order valence-electron chi connectivity index (χ2n) is 6.14. The van der Waals surface area contributed by atoms with Crippen molar-refractivity contribution in [3.05, 3.63) is 30.3 Å². The van der Waals surface area contributed by atoms with Crippen LogP contribution in [-0.4, -0.2) is 42.0 Å². The number of carbonyl (C=O) groups excluding carboxylic acids is 2. The number of nitrogens with one attached hydrogen (secondary N) is 2. The maximum absolute atomic E-state index is 12.2. The number of nitrogens with zero attached hydrogens (tertiary/aromatic N) is 1. The number of amides is 3. The van der Waals surface area contributed by atoms with Crippen LogP contribution < -0.4 is 16.4 Å². The van der Waals surface area contributed by atoms with Crippen LogP contribution in [-0.2, 0) is 4.79 Å². The lowest BCUT2D eigenvalue weighted by Crippen LogP contribution is -2.47. The third-order valence-electron chi connectivity index (χ3n) is 4.00. The maximum atomic E-state index is 12.2. The molecule has 2 rings (SSSR count). The van der Waals surface area contributed by atoms with Crippen LogP contribution in [0.2, 0.25) is 0 Å². The second-order valence-corrected chi connectivity index (χ2v) is 6.14. The molecular weight excluding hydrogens is 328 g/mol. The van der Waals surface area contributed by atoms with Crippen LogP contribution in [0.5, 0.6) is 0 Å². The Hall–Kier alpha value is -1.79. The molecule has 0 aliphatic carbocycles. The van der Waals surface area contributed by atoms with Gasteiger partial charge in [0.1, 0.15) is 0 Å². The number of para-hydroxylation sites is 1. The molecule has 1 aliphatic rings. The van der Waals surface area contributed by atoms with Crippen molar-refractivity contribution in [3.8, 4) is 0 Å². The quantitative estimate of drug-likeness (QED) is 0.758. The molecule has 7 heteroatoms. The van der Waals surface area contributed by atoms with Crippen molar-refractivity contribution < 1.29 is 9.59 Å². The highest BCUT2D eigenvalue weighted by molar-refractivity contribution is 5.89. The summed E-state index contributed by atoms with van der Waals surface area (Å²) in [4.78, 5) is 25.8. The fourth-order valence-electron chi connectivity index (χ4n) is 2.61. The number of halogens is 1. The van der Waals surface area contributed by atoms with Crippen molar-refractivity contribution in [1.82, 2.24) is 10.2 Å². The van der Waals surface area contributed by atoms with Crippen molar-refractivity contribution >= 4 is 30.0 Å². The zero-order chi connectivity index (χ0) is 16.7. The molecule has 0 saturated carbocycles. The molecule has 4 N–H and O–H groups in total. The summed E-state index contributed by atoms with van der Waals surface area (Å²) >= 11 is 0. The number of anilines is 1. The van der Waals surface area contributed by atoms with Gasteiger partial charge < -0.3 is 21.3 Å². The van der Waals surface area contributed by atoms with Crippen molar-refractivity contribution in [1.29, 1.82) is 0 Å². The predicted molar refractivity (Wildman–Crippen MR) is 98.3 cm³/mol. The Bertz CT molecular complexity index is 517. The summed E-state index contributed by atoms with van der Waals surface area (Å²) in [5.41, 5.74) is 6.45. The summed E-state index contributed by atoms with van der Waals surface area (Å²) in [6.45, 7) is 3.20. The lowest BCUT2D eigenvalue weighted by Gasteiger charge is -2.32. The Balaban J connectivity index is 0.00000288. The largest absolute Gasteiger partial charge is 0.353 e. The first kappa shape index (κ1) is 20.3. The van der Waals surface area contributed by atoms with Crippen LogP contribution in [0.1, 0.15) is 32.6 Å². The van der Waals surface area contributed by atoms with Crippen LogP contribution in [0.4, 0.5) is 10.5 Å². The number of hydrogen-bond acceptors (Lipinski definition) is 3. The van der Waals surface area contributed by atoms with Gasteiger partial charge in [0.2, 0.25) is 5.91 Å². The first-order valence-electron chi connectivity index (χ1n) is 8.20. The monoisotopic (exact) mass is 354 g/mol. The first-order chi connectivity index (χ1) is 11.0.